The highest BCUT2D eigenvalue weighted by Gasteiger charge is 2.46. The van der Waals surface area contributed by atoms with Crippen LogP contribution in [0, 0.1) is 0 Å². The molecular weight excluding hydrogens is 278 g/mol. The number of aliphatic hydroxyl groups excluding tert-OH is 3. The molecule has 7 heteroatoms. The molecule has 2 fully saturated rings. The second-order valence-corrected chi connectivity index (χ2v) is 5.83. The van der Waals surface area contributed by atoms with Crippen molar-refractivity contribution >= 4 is 5.91 Å². The first-order valence-corrected chi connectivity index (χ1v) is 7.58. The van der Waals surface area contributed by atoms with Gasteiger partial charge >= 0.3 is 0 Å². The summed E-state index contributed by atoms with van der Waals surface area (Å²) in [5.41, 5.74) is 0. The van der Waals surface area contributed by atoms with E-state index in [1.165, 1.54) is 13.3 Å². The van der Waals surface area contributed by atoms with Gasteiger partial charge in [-0.25, -0.2) is 0 Å². The Hall–Kier alpha value is -0.730. The lowest BCUT2D eigenvalue weighted by molar-refractivity contribution is -0.283. The second-order valence-electron chi connectivity index (χ2n) is 5.83. The molecule has 1 saturated carbocycles. The molecule has 0 aromatic heterocycles. The van der Waals surface area contributed by atoms with Gasteiger partial charge in [-0.1, -0.05) is 19.3 Å². The summed E-state index contributed by atoms with van der Waals surface area (Å²) < 4.78 is 11.4. The van der Waals surface area contributed by atoms with Gasteiger partial charge in [-0.2, -0.15) is 0 Å². The Bertz CT molecular complexity index is 346. The van der Waals surface area contributed by atoms with E-state index >= 15 is 0 Å². The fourth-order valence-corrected chi connectivity index (χ4v) is 2.98. The van der Waals surface area contributed by atoms with Gasteiger partial charge in [-0.05, 0) is 12.8 Å². The fourth-order valence-electron chi connectivity index (χ4n) is 2.98. The van der Waals surface area contributed by atoms with Crippen LogP contribution in [0.2, 0.25) is 0 Å². The minimum absolute atomic E-state index is 0.0155. The van der Waals surface area contributed by atoms with Crippen LogP contribution in [0.25, 0.3) is 0 Å². The summed E-state index contributed by atoms with van der Waals surface area (Å²) in [6.07, 6.45) is 0.887. The summed E-state index contributed by atoms with van der Waals surface area (Å²) in [7, 11) is 0. The molecule has 0 unspecified atom stereocenters. The summed E-state index contributed by atoms with van der Waals surface area (Å²) in [6, 6.07) is -0.845. The lowest BCUT2D eigenvalue weighted by Crippen LogP contribution is -2.65. The van der Waals surface area contributed by atoms with Crippen LogP contribution in [-0.2, 0) is 14.3 Å². The summed E-state index contributed by atoms with van der Waals surface area (Å²) in [5.74, 6) is -0.338. The predicted molar refractivity (Wildman–Crippen MR) is 73.3 cm³/mol. The Labute approximate surface area is 124 Å². The second kappa shape index (κ2) is 7.51. The van der Waals surface area contributed by atoms with Crippen molar-refractivity contribution in [2.45, 2.75) is 75.8 Å². The van der Waals surface area contributed by atoms with Crippen molar-refractivity contribution in [3.63, 3.8) is 0 Å². The maximum Gasteiger partial charge on any atom is 0.217 e. The molecule has 0 aromatic carbocycles. The van der Waals surface area contributed by atoms with E-state index < -0.39 is 37.3 Å². The maximum atomic E-state index is 11.3. The van der Waals surface area contributed by atoms with E-state index in [1.54, 1.807) is 0 Å². The molecule has 5 atom stereocenters. The first-order valence-electron chi connectivity index (χ1n) is 7.58. The van der Waals surface area contributed by atoms with E-state index in [2.05, 4.69) is 5.32 Å². The van der Waals surface area contributed by atoms with Crippen molar-refractivity contribution in [2.24, 2.45) is 0 Å². The molecule has 0 spiro atoms. The van der Waals surface area contributed by atoms with Crippen LogP contribution < -0.4 is 5.32 Å². The number of amides is 1. The number of aliphatic hydroxyl groups is 3. The molecule has 1 aliphatic carbocycles. The number of hydrogen-bond donors (Lipinski definition) is 4. The van der Waals surface area contributed by atoms with Crippen LogP contribution in [0.4, 0.5) is 0 Å². The minimum Gasteiger partial charge on any atom is -0.394 e. The fraction of sp³-hybridized carbons (Fsp3) is 0.929. The zero-order valence-electron chi connectivity index (χ0n) is 12.3. The Balaban J connectivity index is 2.06. The van der Waals surface area contributed by atoms with E-state index in [4.69, 9.17) is 9.47 Å². The van der Waals surface area contributed by atoms with E-state index in [0.717, 1.165) is 25.7 Å². The standard InChI is InChI=1S/C14H25NO6/c1-8(17)15-11-13(19)12(18)10(7-16)21-14(11)20-9-5-3-2-4-6-9/h9-14,16,18-19H,2-7H2,1H3,(H,15,17)/t10-,11+,12+,13-,14-/m0/s1. The van der Waals surface area contributed by atoms with Crippen molar-refractivity contribution < 1.29 is 29.6 Å². The van der Waals surface area contributed by atoms with Crippen molar-refractivity contribution in [3.8, 4) is 0 Å². The molecule has 0 aromatic rings. The SMILES string of the molecule is CC(=O)N[C@H]1[C@@H](OC2CCCCC2)O[C@@H](CO)[C@@H](O)[C@H]1O. The Kier molecular flexibility index (Phi) is 5.95. The van der Waals surface area contributed by atoms with Crippen molar-refractivity contribution in [3.05, 3.63) is 0 Å². The molecule has 21 heavy (non-hydrogen) atoms. The Morgan fingerprint density at radius 3 is 2.48 bits per heavy atom. The monoisotopic (exact) mass is 303 g/mol. The van der Waals surface area contributed by atoms with Crippen LogP contribution in [0.3, 0.4) is 0 Å². The van der Waals surface area contributed by atoms with Gasteiger partial charge in [0, 0.05) is 6.92 Å². The average Bonchev–Trinajstić information content (AvgIpc) is 2.47. The Morgan fingerprint density at radius 1 is 1.24 bits per heavy atom. The van der Waals surface area contributed by atoms with Crippen LogP contribution >= 0.6 is 0 Å². The van der Waals surface area contributed by atoms with Gasteiger partial charge in [0.1, 0.15) is 24.4 Å². The number of rotatable bonds is 4. The topological polar surface area (TPSA) is 108 Å². The molecule has 1 saturated heterocycles. The average molecular weight is 303 g/mol. The highest BCUT2D eigenvalue weighted by molar-refractivity contribution is 5.73. The molecule has 1 heterocycles. The lowest BCUT2D eigenvalue weighted by atomic mass is 9.95. The molecule has 1 aliphatic heterocycles. The zero-order valence-corrected chi connectivity index (χ0v) is 12.3. The normalized spacial score (nSPS) is 38.2. The lowest BCUT2D eigenvalue weighted by Gasteiger charge is -2.43. The van der Waals surface area contributed by atoms with Gasteiger partial charge in [0.05, 0.1) is 12.7 Å². The predicted octanol–water partition coefficient (Wildman–Crippen LogP) is -0.721. The third-order valence-corrected chi connectivity index (χ3v) is 4.13. The first-order chi connectivity index (χ1) is 10.0. The third kappa shape index (κ3) is 4.14. The van der Waals surface area contributed by atoms with E-state index in [0.29, 0.717) is 0 Å². The van der Waals surface area contributed by atoms with Crippen LogP contribution in [0.15, 0.2) is 0 Å². The van der Waals surface area contributed by atoms with Gasteiger partial charge in [-0.15, -0.1) is 0 Å². The first kappa shape index (κ1) is 16.6. The largest absolute Gasteiger partial charge is 0.394 e. The summed E-state index contributed by atoms with van der Waals surface area (Å²) in [6.45, 7) is 0.907. The van der Waals surface area contributed by atoms with E-state index in [-0.39, 0.29) is 12.0 Å². The van der Waals surface area contributed by atoms with Gasteiger partial charge in [0.15, 0.2) is 6.29 Å². The molecule has 2 rings (SSSR count). The molecular formula is C14H25NO6. The van der Waals surface area contributed by atoms with Crippen molar-refractivity contribution in [1.29, 1.82) is 0 Å². The van der Waals surface area contributed by atoms with Gasteiger partial charge in [-0.3, -0.25) is 4.79 Å². The van der Waals surface area contributed by atoms with Gasteiger partial charge in [0.2, 0.25) is 5.91 Å². The van der Waals surface area contributed by atoms with Crippen LogP contribution in [0.5, 0.6) is 0 Å². The smallest absolute Gasteiger partial charge is 0.217 e. The number of ether oxygens (including phenoxy) is 2. The van der Waals surface area contributed by atoms with Crippen LogP contribution in [-0.4, -0.2) is 64.6 Å². The van der Waals surface area contributed by atoms with Gasteiger partial charge < -0.3 is 30.1 Å². The quantitative estimate of drug-likeness (QED) is 0.546. The molecule has 1 amide bonds. The van der Waals surface area contributed by atoms with Gasteiger partial charge in [0.25, 0.3) is 0 Å². The highest BCUT2D eigenvalue weighted by Crippen LogP contribution is 2.27. The molecule has 0 radical (unpaired) electrons. The number of carbonyl (C=O) groups excluding carboxylic acids is 1. The Morgan fingerprint density at radius 2 is 1.90 bits per heavy atom. The number of nitrogens with one attached hydrogen (secondary N) is 1. The highest BCUT2D eigenvalue weighted by atomic mass is 16.7. The summed E-state index contributed by atoms with van der Waals surface area (Å²) in [4.78, 5) is 11.3. The number of hydrogen-bond acceptors (Lipinski definition) is 6. The van der Waals surface area contributed by atoms with E-state index in [1.807, 2.05) is 0 Å². The summed E-state index contributed by atoms with van der Waals surface area (Å²) in [5, 5.41) is 31.9. The summed E-state index contributed by atoms with van der Waals surface area (Å²) >= 11 is 0. The third-order valence-electron chi connectivity index (χ3n) is 4.13. The van der Waals surface area contributed by atoms with E-state index in [9.17, 15) is 20.1 Å². The molecule has 0 bridgehead atoms. The van der Waals surface area contributed by atoms with Crippen LogP contribution in [0.1, 0.15) is 39.0 Å². The maximum absolute atomic E-state index is 11.3. The molecule has 7 nitrogen and oxygen atoms in total. The molecule has 122 valence electrons. The number of carbonyl (C=O) groups is 1. The molecule has 4 N–H and O–H groups in total. The minimum atomic E-state index is -1.27. The zero-order chi connectivity index (χ0) is 15.4. The van der Waals surface area contributed by atoms with Crippen molar-refractivity contribution in [1.82, 2.24) is 5.32 Å². The van der Waals surface area contributed by atoms with Crippen molar-refractivity contribution in [2.75, 3.05) is 6.61 Å². The molecule has 2 aliphatic rings.